The first-order valence-corrected chi connectivity index (χ1v) is 23.0. The number of H-pyrrole nitrogens is 2. The van der Waals surface area contributed by atoms with Gasteiger partial charge in [0.15, 0.2) is 18.1 Å². The summed E-state index contributed by atoms with van der Waals surface area (Å²) in [5.41, 5.74) is 4.34. The van der Waals surface area contributed by atoms with Gasteiger partial charge in [0.1, 0.15) is 42.5 Å². The summed E-state index contributed by atoms with van der Waals surface area (Å²) in [6, 6.07) is 5.36. The van der Waals surface area contributed by atoms with E-state index in [-0.39, 0.29) is 49.6 Å². The maximum Gasteiger partial charge on any atom is 0.408 e. The van der Waals surface area contributed by atoms with E-state index >= 15 is 8.78 Å². The first kappa shape index (κ1) is 43.0. The number of nitrogens with one attached hydrogen (secondary N) is 6. The van der Waals surface area contributed by atoms with Crippen molar-refractivity contribution in [2.24, 2.45) is 5.92 Å². The van der Waals surface area contributed by atoms with E-state index in [2.05, 4.69) is 51.5 Å². The number of fused-ring (bicyclic) bond motifs is 2. The monoisotopic (exact) mass is 947 g/mol. The van der Waals surface area contributed by atoms with E-state index in [9.17, 15) is 9.59 Å². The van der Waals surface area contributed by atoms with Gasteiger partial charge in [0, 0.05) is 79.0 Å². The van der Waals surface area contributed by atoms with Gasteiger partial charge in [-0.15, -0.1) is 0 Å². The molecular weight excluding hydrogens is 899 g/mol. The van der Waals surface area contributed by atoms with Crippen molar-refractivity contribution in [3.63, 3.8) is 0 Å². The second kappa shape index (κ2) is 16.7. The fourth-order valence-electron chi connectivity index (χ4n) is 9.95. The normalized spacial score (nSPS) is 26.3. The highest BCUT2D eigenvalue weighted by molar-refractivity contribution is 5.70. The average molecular weight is 948 g/mol. The van der Waals surface area contributed by atoms with Crippen LogP contribution in [0.5, 0.6) is 0 Å². The Morgan fingerprint density at radius 2 is 1.75 bits per heavy atom. The van der Waals surface area contributed by atoms with E-state index in [4.69, 9.17) is 33.9 Å². The van der Waals surface area contributed by atoms with Gasteiger partial charge < -0.3 is 34.9 Å². The minimum Gasteiger partial charge on any atom is -0.443 e. The highest BCUT2D eigenvalue weighted by Gasteiger charge is 2.58. The largest absolute Gasteiger partial charge is 0.443 e. The Morgan fingerprint density at radius 1 is 0.942 bits per heavy atom. The van der Waals surface area contributed by atoms with Crippen LogP contribution in [0.1, 0.15) is 86.5 Å². The van der Waals surface area contributed by atoms with Crippen molar-refractivity contribution in [2.45, 2.75) is 113 Å². The van der Waals surface area contributed by atoms with E-state index < -0.39 is 42.8 Å². The van der Waals surface area contributed by atoms with Crippen LogP contribution in [0.25, 0.3) is 22.6 Å². The van der Waals surface area contributed by atoms with Gasteiger partial charge in [-0.05, 0) is 57.8 Å². The van der Waals surface area contributed by atoms with Gasteiger partial charge in [-0.1, -0.05) is 0 Å². The Balaban J connectivity index is 0.826. The second-order valence-corrected chi connectivity index (χ2v) is 19.2. The molecule has 0 unspecified atom stereocenters. The summed E-state index contributed by atoms with van der Waals surface area (Å²) in [4.78, 5) is 52.9. The topological polar surface area (TPSA) is 254 Å². The lowest BCUT2D eigenvalue weighted by Crippen LogP contribution is -2.68. The third-order valence-corrected chi connectivity index (χ3v) is 14.0. The molecule has 6 atom stereocenters. The molecule has 1 saturated heterocycles. The van der Waals surface area contributed by atoms with E-state index in [0.29, 0.717) is 69.0 Å². The molecule has 5 aliphatic carbocycles. The van der Waals surface area contributed by atoms with E-state index in [1.54, 1.807) is 54.8 Å². The number of hydrogen-bond donors (Lipinski definition) is 6. The molecule has 6 fully saturated rings. The zero-order valence-electron chi connectivity index (χ0n) is 37.6. The van der Waals surface area contributed by atoms with Crippen LogP contribution in [0.3, 0.4) is 0 Å². The quantitative estimate of drug-likeness (QED) is 0.0726. The second-order valence-electron chi connectivity index (χ2n) is 19.2. The van der Waals surface area contributed by atoms with Crippen LogP contribution in [0.4, 0.5) is 41.9 Å². The number of nitrogens with zero attached hydrogens (tertiary/aromatic N) is 10. The molecule has 69 heavy (non-hydrogen) atoms. The van der Waals surface area contributed by atoms with Crippen LogP contribution < -0.4 is 25.9 Å². The first-order valence-electron chi connectivity index (χ1n) is 23.0. The number of hydrogen-bond acceptors (Lipinski definition) is 15. The van der Waals surface area contributed by atoms with Gasteiger partial charge in [-0.3, -0.25) is 9.50 Å². The molecule has 2 amide bonds. The zero-order valence-corrected chi connectivity index (χ0v) is 37.6. The van der Waals surface area contributed by atoms with Gasteiger partial charge >= 0.3 is 24.0 Å². The van der Waals surface area contributed by atoms with Crippen LogP contribution in [-0.2, 0) is 32.1 Å². The number of amides is 2. The smallest absolute Gasteiger partial charge is 0.408 e. The van der Waals surface area contributed by atoms with Crippen LogP contribution in [0.15, 0.2) is 61.7 Å². The van der Waals surface area contributed by atoms with Crippen molar-refractivity contribution < 1.29 is 42.0 Å². The maximum atomic E-state index is 15.7. The molecule has 24 heteroatoms. The van der Waals surface area contributed by atoms with Crippen molar-refractivity contribution in [1.29, 1.82) is 0 Å². The number of anilines is 4. The number of ether oxygens (including phenoxy) is 4. The van der Waals surface area contributed by atoms with Crippen molar-refractivity contribution in [1.82, 2.24) is 64.6 Å². The number of aromatic nitrogens is 12. The summed E-state index contributed by atoms with van der Waals surface area (Å²) < 4.78 is 59.1. The summed E-state index contributed by atoms with van der Waals surface area (Å²) in [7, 11) is 1.58. The lowest BCUT2D eigenvalue weighted by molar-refractivity contribution is -0.729. The third-order valence-electron chi connectivity index (χ3n) is 14.0. The van der Waals surface area contributed by atoms with Crippen LogP contribution >= 0.6 is 0 Å². The summed E-state index contributed by atoms with van der Waals surface area (Å²) in [5.74, 6) is 2.05. The minimum atomic E-state index is -1.63. The number of alkyl carbamates (subject to hydrolysis) is 2. The summed E-state index contributed by atoms with van der Waals surface area (Å²) in [6.45, 7) is 2.21. The highest BCUT2D eigenvalue weighted by atomic mass is 19.1. The number of halogens is 2. The molecule has 8 heterocycles. The first-order chi connectivity index (χ1) is 33.5. The lowest BCUT2D eigenvalue weighted by atomic mass is 9.50. The highest BCUT2D eigenvalue weighted by Crippen LogP contribution is 2.57. The zero-order chi connectivity index (χ0) is 47.0. The molecule has 0 aromatic carbocycles. The van der Waals surface area contributed by atoms with E-state index in [1.807, 2.05) is 28.1 Å². The molecule has 2 bridgehead atoms. The number of methoxy groups -OCH3 is 1. The molecule has 0 spiro atoms. The van der Waals surface area contributed by atoms with Crippen molar-refractivity contribution in [3.8, 4) is 11.3 Å². The Hall–Kier alpha value is -7.34. The molecule has 6 N–H and O–H groups in total. The maximum absolute atomic E-state index is 15.7. The average Bonchev–Trinajstić information content (AvgIpc) is 4.04. The molecular formula is C45H49F2N16O6+. The lowest BCUT2D eigenvalue weighted by Gasteiger charge is -2.61. The summed E-state index contributed by atoms with van der Waals surface area (Å²) in [5, 5.41) is 23.2. The van der Waals surface area contributed by atoms with E-state index in [1.165, 1.54) is 6.33 Å². The van der Waals surface area contributed by atoms with Crippen LogP contribution in [0.2, 0.25) is 0 Å². The fraction of sp³-hybridized carbons (Fsp3) is 0.467. The molecule has 358 valence electrons. The number of aromatic amines is 2. The predicted octanol–water partition coefficient (Wildman–Crippen LogP) is 5.17. The summed E-state index contributed by atoms with van der Waals surface area (Å²) in [6.07, 6.45) is 9.45. The third kappa shape index (κ3) is 8.29. The van der Waals surface area contributed by atoms with Crippen molar-refractivity contribution >= 4 is 47.0 Å². The Morgan fingerprint density at radius 3 is 2.54 bits per heavy atom. The van der Waals surface area contributed by atoms with Gasteiger partial charge in [0.2, 0.25) is 5.95 Å². The summed E-state index contributed by atoms with van der Waals surface area (Å²) >= 11 is 0. The van der Waals surface area contributed by atoms with Gasteiger partial charge in [-0.2, -0.15) is 14.8 Å². The SMILES string of the molecule is COCc1cn2c(Nc3cc([C@@H]4OC[C@H](OC(=O)NC5(C)CC5)[C@H]4F)[nH]n3)ncc(C[n+]3[nH]c([C@H]4C[C@@H](F)[C@@H](OC(=O)NC56CC(C5)C6)C4)cc3Nc3nc(-c4cncnc4)cc4nccn34)c2n1. The number of carbonyl (C=O) groups is 2. The fourth-order valence-corrected chi connectivity index (χ4v) is 9.95. The number of imidazole rings is 2. The van der Waals surface area contributed by atoms with Gasteiger partial charge in [0.25, 0.3) is 0 Å². The Bertz CT molecular complexity index is 3070. The number of carbonyl (C=O) groups excluding carboxylic acids is 2. The Kier molecular flexibility index (Phi) is 10.4. The minimum absolute atomic E-state index is 0.109. The molecule has 1 aliphatic heterocycles. The number of rotatable bonds is 15. The van der Waals surface area contributed by atoms with Crippen molar-refractivity contribution in [2.75, 3.05) is 24.4 Å². The molecule has 22 nitrogen and oxygen atoms in total. The standard InChI is InChI=1S/C45H48F2N16O6/c1-44(3-4-44)56-42(64)69-33-21-67-38(37(33)47)31-9-34(59-58-31)54-40-51-17-26(39-52-27(20-66-2)19-62(39)40)18-63-36(55-41-53-29(25-15-48-22-49-16-25)10-35-50-5-6-61(35)41)11-30(60-63)24-7-28(46)32(8-24)68-43(65)57-45-12-23(13-45)14-45/h5-6,9-11,15-17,19,22-24,28,32-33,37-38H,3-4,7-8,12-14,18,20-21H2,1-2H3,(H5,50,51,52,53,54,55,56,57,58,59,60,64,65)/p+1/t23?,24-,28+,32-,33-,37+,38-,45?/m0/s1. The molecule has 6 aliphatic rings. The molecule has 13 rings (SSSR count). The molecule has 5 saturated carbocycles. The molecule has 7 aromatic rings. The number of alkyl halides is 2. The van der Waals surface area contributed by atoms with Crippen LogP contribution in [-0.4, -0.2) is 116 Å². The predicted molar refractivity (Wildman–Crippen MR) is 238 cm³/mol. The molecule has 7 aromatic heterocycles. The Labute approximate surface area is 391 Å². The van der Waals surface area contributed by atoms with Gasteiger partial charge in [-0.25, -0.2) is 58.1 Å². The van der Waals surface area contributed by atoms with E-state index in [0.717, 1.165) is 37.8 Å². The molecule has 0 radical (unpaired) electrons. The van der Waals surface area contributed by atoms with Gasteiger partial charge in [0.05, 0.1) is 47.6 Å². The van der Waals surface area contributed by atoms with Crippen LogP contribution in [0, 0.1) is 5.92 Å². The van der Waals surface area contributed by atoms with Crippen molar-refractivity contribution in [3.05, 3.63) is 84.4 Å².